The number of halogens is 1. The van der Waals surface area contributed by atoms with Gasteiger partial charge in [0.15, 0.2) is 0 Å². The Kier molecular flexibility index (Phi) is 3.81. The number of benzene rings is 1. The highest BCUT2D eigenvalue weighted by molar-refractivity contribution is 9.10. The molecule has 0 saturated carbocycles. The third-order valence-corrected chi connectivity index (χ3v) is 4.36. The molecule has 1 N–H and O–H groups in total. The van der Waals surface area contributed by atoms with Gasteiger partial charge in [-0.1, -0.05) is 12.1 Å². The van der Waals surface area contributed by atoms with Crippen molar-refractivity contribution in [1.29, 1.82) is 0 Å². The number of carboxylic acids is 1. The molecule has 0 aliphatic carbocycles. The van der Waals surface area contributed by atoms with Gasteiger partial charge in [-0.3, -0.25) is 4.79 Å². The highest BCUT2D eigenvalue weighted by Crippen LogP contribution is 2.28. The lowest BCUT2D eigenvalue weighted by Crippen LogP contribution is -2.15. The van der Waals surface area contributed by atoms with Gasteiger partial charge in [0.2, 0.25) is 5.71 Å². The second-order valence-electron chi connectivity index (χ2n) is 5.19. The van der Waals surface area contributed by atoms with E-state index in [0.717, 1.165) is 10.2 Å². The standard InChI is InChI=1S/C16H13BrN2O4/c1-8-10(7-13(20)21)16(22)23-15-14(8)9(2)18-19(15)12-6-4-3-5-11(12)17/h3-6H,7H2,1-2H3,(H,20,21). The number of carboxylic acid groups (broad SMARTS) is 1. The van der Waals surface area contributed by atoms with Gasteiger partial charge in [0.05, 0.1) is 28.8 Å². The molecule has 0 amide bonds. The molecule has 0 aliphatic rings. The quantitative estimate of drug-likeness (QED) is 0.759. The van der Waals surface area contributed by atoms with Gasteiger partial charge in [-0.15, -0.1) is 0 Å². The number of nitrogens with zero attached hydrogens (tertiary/aromatic N) is 2. The molecular formula is C16H13BrN2O4. The van der Waals surface area contributed by atoms with Crippen molar-refractivity contribution in [3.8, 4) is 5.69 Å². The average Bonchev–Trinajstić information content (AvgIpc) is 2.80. The van der Waals surface area contributed by atoms with E-state index < -0.39 is 11.6 Å². The van der Waals surface area contributed by atoms with Crippen LogP contribution in [-0.4, -0.2) is 20.9 Å². The monoisotopic (exact) mass is 376 g/mol. The van der Waals surface area contributed by atoms with E-state index in [1.54, 1.807) is 18.5 Å². The topological polar surface area (TPSA) is 85.3 Å². The first-order valence-corrected chi connectivity index (χ1v) is 7.68. The zero-order valence-corrected chi connectivity index (χ0v) is 14.0. The molecule has 0 atom stereocenters. The molecule has 0 bridgehead atoms. The summed E-state index contributed by atoms with van der Waals surface area (Å²) in [6.07, 6.45) is -0.371. The lowest BCUT2D eigenvalue weighted by molar-refractivity contribution is -0.136. The number of hydrogen-bond acceptors (Lipinski definition) is 4. The molecule has 0 fully saturated rings. The molecule has 0 aliphatic heterocycles. The number of aryl methyl sites for hydroxylation is 2. The summed E-state index contributed by atoms with van der Waals surface area (Å²) in [5, 5.41) is 14.1. The smallest absolute Gasteiger partial charge is 0.341 e. The largest absolute Gasteiger partial charge is 0.481 e. The van der Waals surface area contributed by atoms with Crippen LogP contribution in [0, 0.1) is 13.8 Å². The minimum absolute atomic E-state index is 0.153. The van der Waals surface area contributed by atoms with E-state index >= 15 is 0 Å². The second kappa shape index (κ2) is 5.66. The number of para-hydroxylation sites is 1. The predicted molar refractivity (Wildman–Crippen MR) is 88.1 cm³/mol. The van der Waals surface area contributed by atoms with Crippen molar-refractivity contribution in [3.05, 3.63) is 56.0 Å². The molecule has 3 rings (SSSR count). The SMILES string of the molecule is Cc1nn(-c2ccccc2Br)c2oc(=O)c(CC(=O)O)c(C)c12. The lowest BCUT2D eigenvalue weighted by atomic mass is 10.1. The summed E-state index contributed by atoms with van der Waals surface area (Å²) in [7, 11) is 0. The van der Waals surface area contributed by atoms with E-state index in [4.69, 9.17) is 9.52 Å². The Balaban J connectivity index is 2.35. The van der Waals surface area contributed by atoms with Crippen LogP contribution in [0.4, 0.5) is 0 Å². The molecule has 118 valence electrons. The Morgan fingerprint density at radius 3 is 2.70 bits per heavy atom. The normalized spacial score (nSPS) is 11.1. The van der Waals surface area contributed by atoms with Crippen molar-refractivity contribution in [2.45, 2.75) is 20.3 Å². The fourth-order valence-corrected chi connectivity index (χ4v) is 3.08. The third-order valence-electron chi connectivity index (χ3n) is 3.69. The van der Waals surface area contributed by atoms with Crippen LogP contribution in [0.1, 0.15) is 16.8 Å². The Morgan fingerprint density at radius 1 is 1.35 bits per heavy atom. The van der Waals surface area contributed by atoms with Gasteiger partial charge in [-0.2, -0.15) is 9.78 Å². The maximum atomic E-state index is 12.2. The van der Waals surface area contributed by atoms with Crippen LogP contribution in [-0.2, 0) is 11.2 Å². The number of hydrogen-bond donors (Lipinski definition) is 1. The minimum Gasteiger partial charge on any atom is -0.481 e. The molecule has 0 radical (unpaired) electrons. The van der Waals surface area contributed by atoms with Crippen molar-refractivity contribution < 1.29 is 14.3 Å². The van der Waals surface area contributed by atoms with E-state index in [1.807, 2.05) is 24.3 Å². The summed E-state index contributed by atoms with van der Waals surface area (Å²) in [4.78, 5) is 23.1. The van der Waals surface area contributed by atoms with Crippen molar-refractivity contribution in [2.75, 3.05) is 0 Å². The van der Waals surface area contributed by atoms with Gasteiger partial charge in [0.25, 0.3) is 0 Å². The Hall–Kier alpha value is -2.41. The van der Waals surface area contributed by atoms with Crippen LogP contribution in [0.3, 0.4) is 0 Å². The van der Waals surface area contributed by atoms with Gasteiger partial charge in [-0.05, 0) is 47.5 Å². The molecule has 6 nitrogen and oxygen atoms in total. The number of fused-ring (bicyclic) bond motifs is 1. The van der Waals surface area contributed by atoms with Crippen molar-refractivity contribution in [3.63, 3.8) is 0 Å². The van der Waals surface area contributed by atoms with Crippen LogP contribution < -0.4 is 5.63 Å². The van der Waals surface area contributed by atoms with E-state index in [2.05, 4.69) is 21.0 Å². The van der Waals surface area contributed by atoms with Crippen molar-refractivity contribution >= 4 is 33.0 Å². The van der Waals surface area contributed by atoms with Gasteiger partial charge in [0.1, 0.15) is 0 Å². The molecule has 7 heteroatoms. The predicted octanol–water partition coefficient (Wildman–Crippen LogP) is 2.99. The van der Waals surface area contributed by atoms with Crippen LogP contribution in [0.2, 0.25) is 0 Å². The van der Waals surface area contributed by atoms with Crippen LogP contribution in [0.25, 0.3) is 16.8 Å². The summed E-state index contributed by atoms with van der Waals surface area (Å²) in [6, 6.07) is 7.43. The zero-order chi connectivity index (χ0) is 16.7. The van der Waals surface area contributed by atoms with Gasteiger partial charge >= 0.3 is 11.6 Å². The number of aromatic nitrogens is 2. The molecule has 0 unspecified atom stereocenters. The Bertz CT molecular complexity index is 988. The molecule has 3 aromatic rings. The number of aliphatic carboxylic acids is 1. The first kappa shape index (κ1) is 15.5. The summed E-state index contributed by atoms with van der Waals surface area (Å²) in [5.41, 5.74) is 1.81. The maximum absolute atomic E-state index is 12.2. The first-order valence-electron chi connectivity index (χ1n) is 6.88. The van der Waals surface area contributed by atoms with Crippen molar-refractivity contribution in [2.24, 2.45) is 0 Å². The highest BCUT2D eigenvalue weighted by atomic mass is 79.9. The van der Waals surface area contributed by atoms with Gasteiger partial charge in [0, 0.05) is 4.47 Å². The summed E-state index contributed by atoms with van der Waals surface area (Å²) < 4.78 is 7.75. The number of carbonyl (C=O) groups is 1. The summed E-state index contributed by atoms with van der Waals surface area (Å²) in [5.74, 6) is -1.07. The maximum Gasteiger partial charge on any atom is 0.341 e. The third kappa shape index (κ3) is 2.57. The first-order chi connectivity index (χ1) is 10.9. The highest BCUT2D eigenvalue weighted by Gasteiger charge is 2.21. The summed E-state index contributed by atoms with van der Waals surface area (Å²) in [6.45, 7) is 3.52. The zero-order valence-electron chi connectivity index (χ0n) is 12.5. The molecule has 23 heavy (non-hydrogen) atoms. The van der Waals surface area contributed by atoms with E-state index in [9.17, 15) is 9.59 Å². The van der Waals surface area contributed by atoms with Crippen molar-refractivity contribution in [1.82, 2.24) is 9.78 Å². The molecular weight excluding hydrogens is 364 g/mol. The van der Waals surface area contributed by atoms with Crippen LogP contribution in [0.5, 0.6) is 0 Å². The summed E-state index contributed by atoms with van der Waals surface area (Å²) >= 11 is 3.45. The fraction of sp³-hybridized carbons (Fsp3) is 0.188. The molecule has 2 heterocycles. The lowest BCUT2D eigenvalue weighted by Gasteiger charge is -2.06. The molecule has 0 spiro atoms. The number of rotatable bonds is 3. The van der Waals surface area contributed by atoms with E-state index in [0.29, 0.717) is 22.4 Å². The minimum atomic E-state index is -1.07. The second-order valence-corrected chi connectivity index (χ2v) is 6.05. The van der Waals surface area contributed by atoms with Crippen LogP contribution in [0.15, 0.2) is 37.9 Å². The molecule has 2 aromatic heterocycles. The average molecular weight is 377 g/mol. The van der Waals surface area contributed by atoms with Gasteiger partial charge < -0.3 is 9.52 Å². The van der Waals surface area contributed by atoms with Gasteiger partial charge in [-0.25, -0.2) is 4.79 Å². The molecule has 1 aromatic carbocycles. The molecule has 0 saturated heterocycles. The van der Waals surface area contributed by atoms with E-state index in [-0.39, 0.29) is 12.0 Å². The fourth-order valence-electron chi connectivity index (χ4n) is 2.63. The Morgan fingerprint density at radius 2 is 2.04 bits per heavy atom. The Labute approximate surface area is 139 Å². The van der Waals surface area contributed by atoms with E-state index in [1.165, 1.54) is 0 Å². The van der Waals surface area contributed by atoms with Crippen LogP contribution >= 0.6 is 15.9 Å².